The van der Waals surface area contributed by atoms with E-state index in [-0.39, 0.29) is 11.9 Å². The summed E-state index contributed by atoms with van der Waals surface area (Å²) in [6.45, 7) is 1.18. The van der Waals surface area contributed by atoms with Crippen LogP contribution in [-0.4, -0.2) is 51.0 Å². The van der Waals surface area contributed by atoms with E-state index in [1.807, 2.05) is 41.2 Å². The van der Waals surface area contributed by atoms with Crippen molar-refractivity contribution >= 4 is 5.91 Å². The number of carbonyl (C=O) groups excluding carboxylic acids is 1. The Kier molecular flexibility index (Phi) is 3.89. The lowest BCUT2D eigenvalue weighted by Crippen LogP contribution is -2.51. The maximum atomic E-state index is 12.6. The number of rotatable bonds is 4. The molecule has 0 radical (unpaired) electrons. The first-order valence-corrected chi connectivity index (χ1v) is 8.02. The van der Waals surface area contributed by atoms with Crippen LogP contribution < -0.4 is 4.74 Å². The van der Waals surface area contributed by atoms with Gasteiger partial charge < -0.3 is 9.64 Å². The summed E-state index contributed by atoms with van der Waals surface area (Å²) in [5.74, 6) is 0.271. The highest BCUT2D eigenvalue weighted by Gasteiger charge is 2.34. The molecule has 7 heteroatoms. The molecule has 0 atom stereocenters. The Morgan fingerprint density at radius 2 is 1.96 bits per heavy atom. The smallest absolute Gasteiger partial charge is 0.259 e. The lowest BCUT2D eigenvalue weighted by molar-refractivity contribution is 0.0494. The summed E-state index contributed by atoms with van der Waals surface area (Å²) in [7, 11) is 1.51. The minimum atomic E-state index is -0.0791. The van der Waals surface area contributed by atoms with Crippen LogP contribution in [0.4, 0.5) is 0 Å². The lowest BCUT2D eigenvalue weighted by atomic mass is 10.1. The molecule has 0 saturated carbocycles. The van der Waals surface area contributed by atoms with Crippen molar-refractivity contribution in [2.75, 3.05) is 20.2 Å². The van der Waals surface area contributed by atoms with Gasteiger partial charge >= 0.3 is 0 Å². The molecule has 1 aliphatic rings. The molecule has 1 saturated heterocycles. The van der Waals surface area contributed by atoms with Gasteiger partial charge in [0.05, 0.1) is 19.3 Å². The van der Waals surface area contributed by atoms with Crippen molar-refractivity contribution in [2.45, 2.75) is 6.04 Å². The standard InChI is InChI=1S/C18H17N5O2/c1-25-17-15(8-5-9-19-17)18(24)22-10-14(11-22)23-12-16(20-21-23)13-6-3-2-4-7-13/h2-9,12,14H,10-11H2,1H3. The molecule has 0 unspecified atom stereocenters. The van der Waals surface area contributed by atoms with Crippen LogP contribution in [0, 0.1) is 0 Å². The van der Waals surface area contributed by atoms with Crippen LogP contribution >= 0.6 is 0 Å². The van der Waals surface area contributed by atoms with Crippen LogP contribution in [0.25, 0.3) is 11.3 Å². The van der Waals surface area contributed by atoms with E-state index in [4.69, 9.17) is 4.74 Å². The van der Waals surface area contributed by atoms with Crippen molar-refractivity contribution in [3.05, 3.63) is 60.4 Å². The number of amides is 1. The third kappa shape index (κ3) is 2.84. The van der Waals surface area contributed by atoms with Crippen LogP contribution in [0.2, 0.25) is 0 Å². The Morgan fingerprint density at radius 1 is 1.16 bits per heavy atom. The van der Waals surface area contributed by atoms with Gasteiger partial charge in [0.2, 0.25) is 5.88 Å². The summed E-state index contributed by atoms with van der Waals surface area (Å²) < 4.78 is 6.99. The molecule has 1 amide bonds. The monoisotopic (exact) mass is 335 g/mol. The molecular formula is C18H17N5O2. The van der Waals surface area contributed by atoms with Crippen molar-refractivity contribution in [1.82, 2.24) is 24.9 Å². The SMILES string of the molecule is COc1ncccc1C(=O)N1CC(n2cc(-c3ccccc3)nn2)C1. The number of hydrogen-bond donors (Lipinski definition) is 0. The van der Waals surface area contributed by atoms with E-state index in [1.165, 1.54) is 7.11 Å². The summed E-state index contributed by atoms with van der Waals surface area (Å²) in [4.78, 5) is 18.4. The third-order valence-corrected chi connectivity index (χ3v) is 4.30. The van der Waals surface area contributed by atoms with E-state index in [0.29, 0.717) is 24.5 Å². The quantitative estimate of drug-likeness (QED) is 0.729. The number of pyridine rings is 1. The number of aromatic nitrogens is 4. The van der Waals surface area contributed by atoms with Crippen LogP contribution in [-0.2, 0) is 0 Å². The highest BCUT2D eigenvalue weighted by Crippen LogP contribution is 2.26. The first-order valence-electron chi connectivity index (χ1n) is 8.02. The van der Waals surface area contributed by atoms with Crippen LogP contribution in [0.3, 0.4) is 0 Å². The fourth-order valence-electron chi connectivity index (χ4n) is 2.87. The van der Waals surface area contributed by atoms with Gasteiger partial charge in [-0.15, -0.1) is 5.10 Å². The molecule has 126 valence electrons. The number of ether oxygens (including phenoxy) is 1. The minimum absolute atomic E-state index is 0.0791. The first-order chi connectivity index (χ1) is 12.3. The molecule has 0 aliphatic carbocycles. The second-order valence-corrected chi connectivity index (χ2v) is 5.87. The molecular weight excluding hydrogens is 318 g/mol. The molecule has 25 heavy (non-hydrogen) atoms. The normalized spacial score (nSPS) is 14.2. The first kappa shape index (κ1) is 15.3. The Morgan fingerprint density at radius 3 is 2.72 bits per heavy atom. The summed E-state index contributed by atoms with van der Waals surface area (Å²) in [5.41, 5.74) is 2.34. The molecule has 3 aromatic rings. The van der Waals surface area contributed by atoms with Crippen LogP contribution in [0.15, 0.2) is 54.9 Å². The molecule has 0 spiro atoms. The van der Waals surface area contributed by atoms with E-state index in [2.05, 4.69) is 15.3 Å². The van der Waals surface area contributed by atoms with Crippen LogP contribution in [0.5, 0.6) is 5.88 Å². The van der Waals surface area contributed by atoms with Crippen molar-refractivity contribution in [3.63, 3.8) is 0 Å². The van der Waals surface area contributed by atoms with E-state index in [0.717, 1.165) is 11.3 Å². The number of nitrogens with zero attached hydrogens (tertiary/aromatic N) is 5. The van der Waals surface area contributed by atoms with Gasteiger partial charge in [-0.3, -0.25) is 4.79 Å². The van der Waals surface area contributed by atoms with E-state index < -0.39 is 0 Å². The Labute approximate surface area is 144 Å². The average molecular weight is 335 g/mol. The van der Waals surface area contributed by atoms with Crippen molar-refractivity contribution in [1.29, 1.82) is 0 Å². The van der Waals surface area contributed by atoms with Gasteiger partial charge in [0.15, 0.2) is 0 Å². The predicted octanol–water partition coefficient (Wildman–Crippen LogP) is 2.05. The summed E-state index contributed by atoms with van der Waals surface area (Å²) in [6.07, 6.45) is 3.53. The zero-order valence-electron chi connectivity index (χ0n) is 13.7. The third-order valence-electron chi connectivity index (χ3n) is 4.30. The fraction of sp³-hybridized carbons (Fsp3) is 0.222. The molecule has 1 aromatic carbocycles. The Bertz CT molecular complexity index is 887. The fourth-order valence-corrected chi connectivity index (χ4v) is 2.87. The number of carbonyl (C=O) groups is 1. The summed E-state index contributed by atoms with van der Waals surface area (Å²) in [5, 5.41) is 8.43. The zero-order valence-corrected chi connectivity index (χ0v) is 13.7. The number of methoxy groups -OCH3 is 1. The van der Waals surface area contributed by atoms with Crippen molar-refractivity contribution in [3.8, 4) is 17.1 Å². The molecule has 3 heterocycles. The molecule has 4 rings (SSSR count). The topological polar surface area (TPSA) is 73.1 Å². The number of hydrogen-bond acceptors (Lipinski definition) is 5. The van der Waals surface area contributed by atoms with Gasteiger partial charge in [-0.05, 0) is 12.1 Å². The van der Waals surface area contributed by atoms with Gasteiger partial charge in [-0.1, -0.05) is 35.5 Å². The van der Waals surface area contributed by atoms with Crippen LogP contribution in [0.1, 0.15) is 16.4 Å². The van der Waals surface area contributed by atoms with Gasteiger partial charge in [0, 0.05) is 24.8 Å². The second-order valence-electron chi connectivity index (χ2n) is 5.87. The molecule has 1 aliphatic heterocycles. The van der Waals surface area contributed by atoms with E-state index in [1.54, 1.807) is 23.2 Å². The molecule has 0 N–H and O–H groups in total. The maximum Gasteiger partial charge on any atom is 0.259 e. The van der Waals surface area contributed by atoms with Gasteiger partial charge in [0.1, 0.15) is 11.3 Å². The van der Waals surface area contributed by atoms with E-state index in [9.17, 15) is 4.79 Å². The largest absolute Gasteiger partial charge is 0.480 e. The predicted molar refractivity (Wildman–Crippen MR) is 91.2 cm³/mol. The number of benzene rings is 1. The second kappa shape index (κ2) is 6.35. The average Bonchev–Trinajstić information content (AvgIpc) is 3.10. The minimum Gasteiger partial charge on any atom is -0.480 e. The highest BCUT2D eigenvalue weighted by atomic mass is 16.5. The molecule has 2 aromatic heterocycles. The maximum absolute atomic E-state index is 12.6. The molecule has 7 nitrogen and oxygen atoms in total. The molecule has 1 fully saturated rings. The van der Waals surface area contributed by atoms with E-state index >= 15 is 0 Å². The van der Waals surface area contributed by atoms with Gasteiger partial charge in [-0.2, -0.15) is 0 Å². The van der Waals surface area contributed by atoms with Gasteiger partial charge in [0.25, 0.3) is 5.91 Å². The lowest BCUT2D eigenvalue weighted by Gasteiger charge is -2.38. The molecule has 0 bridgehead atoms. The zero-order chi connectivity index (χ0) is 17.2. The van der Waals surface area contributed by atoms with Crippen molar-refractivity contribution in [2.24, 2.45) is 0 Å². The Hall–Kier alpha value is -3.22. The number of likely N-dealkylation sites (tertiary alicyclic amines) is 1. The Balaban J connectivity index is 1.44. The summed E-state index contributed by atoms with van der Waals surface area (Å²) in [6, 6.07) is 13.5. The summed E-state index contributed by atoms with van der Waals surface area (Å²) >= 11 is 0. The van der Waals surface area contributed by atoms with Crippen molar-refractivity contribution < 1.29 is 9.53 Å². The highest BCUT2D eigenvalue weighted by molar-refractivity contribution is 5.96. The van der Waals surface area contributed by atoms with Gasteiger partial charge in [-0.25, -0.2) is 9.67 Å².